The topological polar surface area (TPSA) is 55.1 Å². The number of hydrogen-bond acceptors (Lipinski definition) is 2. The molecule has 4 heteroatoms. The molecule has 0 amide bonds. The van der Waals surface area contributed by atoms with Crippen LogP contribution in [-0.2, 0) is 17.3 Å². The lowest BCUT2D eigenvalue weighted by molar-refractivity contribution is -0.142. The van der Waals surface area contributed by atoms with Crippen molar-refractivity contribution in [2.24, 2.45) is 7.05 Å². The van der Waals surface area contributed by atoms with Crippen molar-refractivity contribution in [3.63, 3.8) is 0 Å². The van der Waals surface area contributed by atoms with Gasteiger partial charge in [-0.2, -0.15) is 5.10 Å². The number of rotatable bonds is 2. The van der Waals surface area contributed by atoms with Gasteiger partial charge in [-0.05, 0) is 19.4 Å². The van der Waals surface area contributed by atoms with Gasteiger partial charge < -0.3 is 5.11 Å². The van der Waals surface area contributed by atoms with Gasteiger partial charge in [-0.3, -0.25) is 9.48 Å². The molecule has 2 aromatic rings. The molecule has 0 aliphatic heterocycles. The van der Waals surface area contributed by atoms with E-state index in [1.54, 1.807) is 18.5 Å². The van der Waals surface area contributed by atoms with Gasteiger partial charge in [-0.15, -0.1) is 0 Å². The first-order valence-electron chi connectivity index (χ1n) is 5.09. The van der Waals surface area contributed by atoms with Gasteiger partial charge in [0, 0.05) is 18.6 Å². The van der Waals surface area contributed by atoms with E-state index in [2.05, 4.69) is 5.10 Å². The molecular formula is C12H14N2O2. The normalized spacial score (nSPS) is 11.9. The summed E-state index contributed by atoms with van der Waals surface area (Å²) in [6, 6.07) is 5.62. The van der Waals surface area contributed by atoms with Gasteiger partial charge >= 0.3 is 5.97 Å². The van der Waals surface area contributed by atoms with Crippen LogP contribution in [0.3, 0.4) is 0 Å². The number of aliphatic carboxylic acids is 1. The van der Waals surface area contributed by atoms with E-state index in [4.69, 9.17) is 0 Å². The molecule has 0 fully saturated rings. The van der Waals surface area contributed by atoms with Crippen LogP contribution >= 0.6 is 0 Å². The molecule has 0 unspecified atom stereocenters. The number of nitrogens with zero attached hydrogens (tertiary/aromatic N) is 2. The van der Waals surface area contributed by atoms with Crippen LogP contribution in [0.2, 0.25) is 0 Å². The molecule has 84 valence electrons. The van der Waals surface area contributed by atoms with Gasteiger partial charge in [0.25, 0.3) is 0 Å². The first kappa shape index (κ1) is 10.7. The quantitative estimate of drug-likeness (QED) is 0.838. The lowest BCUT2D eigenvalue weighted by Crippen LogP contribution is -2.28. The van der Waals surface area contributed by atoms with Crippen LogP contribution < -0.4 is 0 Å². The number of carboxylic acids is 1. The Hall–Kier alpha value is -1.84. The van der Waals surface area contributed by atoms with Gasteiger partial charge in [0.2, 0.25) is 0 Å². The number of carbonyl (C=O) groups is 1. The number of carboxylic acid groups (broad SMARTS) is 1. The third-order valence-electron chi connectivity index (χ3n) is 2.86. The Morgan fingerprint density at radius 3 is 2.75 bits per heavy atom. The van der Waals surface area contributed by atoms with Crippen LogP contribution in [0.1, 0.15) is 19.4 Å². The lowest BCUT2D eigenvalue weighted by Gasteiger charge is -2.19. The molecule has 1 aromatic carbocycles. The molecule has 16 heavy (non-hydrogen) atoms. The van der Waals surface area contributed by atoms with Gasteiger partial charge in [-0.25, -0.2) is 0 Å². The van der Waals surface area contributed by atoms with E-state index in [-0.39, 0.29) is 0 Å². The minimum absolute atomic E-state index is 0.748. The van der Waals surface area contributed by atoms with Gasteiger partial charge in [-0.1, -0.05) is 18.2 Å². The third kappa shape index (κ3) is 1.46. The summed E-state index contributed by atoms with van der Waals surface area (Å²) < 4.78 is 1.70. The van der Waals surface area contributed by atoms with Crippen molar-refractivity contribution in [2.75, 3.05) is 0 Å². The first-order valence-corrected chi connectivity index (χ1v) is 5.09. The van der Waals surface area contributed by atoms with E-state index in [1.165, 1.54) is 0 Å². The van der Waals surface area contributed by atoms with Crippen molar-refractivity contribution >= 4 is 16.9 Å². The van der Waals surface area contributed by atoms with Crippen LogP contribution in [0.25, 0.3) is 10.9 Å². The number of hydrogen-bond donors (Lipinski definition) is 1. The van der Waals surface area contributed by atoms with Crippen molar-refractivity contribution in [1.82, 2.24) is 9.78 Å². The average Bonchev–Trinajstić information content (AvgIpc) is 2.56. The van der Waals surface area contributed by atoms with Crippen molar-refractivity contribution in [1.29, 1.82) is 0 Å². The Bertz CT molecular complexity index is 555. The predicted molar refractivity (Wildman–Crippen MR) is 61.4 cm³/mol. The van der Waals surface area contributed by atoms with E-state index in [1.807, 2.05) is 31.4 Å². The minimum Gasteiger partial charge on any atom is -0.481 e. The summed E-state index contributed by atoms with van der Waals surface area (Å²) in [4.78, 5) is 11.2. The smallest absolute Gasteiger partial charge is 0.313 e. The van der Waals surface area contributed by atoms with Gasteiger partial charge in [0.05, 0.1) is 10.9 Å². The van der Waals surface area contributed by atoms with Crippen LogP contribution in [-0.4, -0.2) is 20.9 Å². The fraction of sp³-hybridized carbons (Fsp3) is 0.333. The summed E-state index contributed by atoms with van der Waals surface area (Å²) in [5.74, 6) is -0.842. The zero-order valence-electron chi connectivity index (χ0n) is 9.56. The van der Waals surface area contributed by atoms with Crippen LogP contribution in [0.4, 0.5) is 0 Å². The van der Waals surface area contributed by atoms with Crippen LogP contribution in [0.15, 0.2) is 24.4 Å². The second-order valence-corrected chi connectivity index (χ2v) is 4.48. The van der Waals surface area contributed by atoms with E-state index in [0.29, 0.717) is 0 Å². The zero-order chi connectivity index (χ0) is 11.9. The molecule has 0 aliphatic rings. The van der Waals surface area contributed by atoms with Crippen molar-refractivity contribution in [3.05, 3.63) is 30.0 Å². The summed E-state index contributed by atoms with van der Waals surface area (Å²) in [6.07, 6.45) is 1.89. The number of aromatic nitrogens is 2. The SMILES string of the molecule is Cn1cc2cccc(C(C)(C)C(=O)O)c2n1. The van der Waals surface area contributed by atoms with E-state index in [9.17, 15) is 9.90 Å². The van der Waals surface area contributed by atoms with Crippen molar-refractivity contribution in [3.8, 4) is 0 Å². The number of fused-ring (bicyclic) bond motifs is 1. The fourth-order valence-corrected chi connectivity index (χ4v) is 1.78. The molecule has 0 atom stereocenters. The predicted octanol–water partition coefficient (Wildman–Crippen LogP) is 1.94. The summed E-state index contributed by atoms with van der Waals surface area (Å²) in [5.41, 5.74) is 0.587. The average molecular weight is 218 g/mol. The Kier molecular flexibility index (Phi) is 2.22. The maximum atomic E-state index is 11.2. The summed E-state index contributed by atoms with van der Waals surface area (Å²) in [7, 11) is 1.83. The van der Waals surface area contributed by atoms with Gasteiger partial charge in [0.1, 0.15) is 0 Å². The molecule has 0 radical (unpaired) electrons. The molecule has 1 N–H and O–H groups in total. The molecule has 1 aromatic heterocycles. The highest BCUT2D eigenvalue weighted by atomic mass is 16.4. The molecule has 1 heterocycles. The third-order valence-corrected chi connectivity index (χ3v) is 2.86. The van der Waals surface area contributed by atoms with Gasteiger partial charge in [0.15, 0.2) is 0 Å². The molecule has 0 aliphatic carbocycles. The number of aryl methyl sites for hydroxylation is 1. The van der Waals surface area contributed by atoms with E-state index in [0.717, 1.165) is 16.5 Å². The highest BCUT2D eigenvalue weighted by molar-refractivity contribution is 5.90. The molecule has 4 nitrogen and oxygen atoms in total. The molecule has 0 spiro atoms. The first-order chi connectivity index (χ1) is 7.43. The highest BCUT2D eigenvalue weighted by Crippen LogP contribution is 2.29. The molecule has 0 bridgehead atoms. The fourth-order valence-electron chi connectivity index (χ4n) is 1.78. The minimum atomic E-state index is -0.923. The second-order valence-electron chi connectivity index (χ2n) is 4.48. The molecular weight excluding hydrogens is 204 g/mol. The van der Waals surface area contributed by atoms with Crippen LogP contribution in [0, 0.1) is 0 Å². The molecule has 2 rings (SSSR count). The van der Waals surface area contributed by atoms with E-state index < -0.39 is 11.4 Å². The maximum Gasteiger partial charge on any atom is 0.313 e. The lowest BCUT2D eigenvalue weighted by atomic mass is 9.84. The largest absolute Gasteiger partial charge is 0.481 e. The summed E-state index contributed by atoms with van der Waals surface area (Å²) in [6.45, 7) is 3.39. The summed E-state index contributed by atoms with van der Waals surface area (Å²) in [5, 5.41) is 14.5. The van der Waals surface area contributed by atoms with Crippen molar-refractivity contribution in [2.45, 2.75) is 19.3 Å². The Labute approximate surface area is 93.5 Å². The molecule has 0 saturated carbocycles. The Balaban J connectivity index is 2.73. The maximum absolute atomic E-state index is 11.2. The molecule has 0 saturated heterocycles. The zero-order valence-corrected chi connectivity index (χ0v) is 9.56. The van der Waals surface area contributed by atoms with Crippen molar-refractivity contribution < 1.29 is 9.90 Å². The summed E-state index contributed by atoms with van der Waals surface area (Å²) >= 11 is 0. The van der Waals surface area contributed by atoms with Crippen LogP contribution in [0.5, 0.6) is 0 Å². The van der Waals surface area contributed by atoms with E-state index >= 15 is 0 Å². The highest BCUT2D eigenvalue weighted by Gasteiger charge is 2.31. The Morgan fingerprint density at radius 2 is 2.12 bits per heavy atom. The monoisotopic (exact) mass is 218 g/mol. The number of benzene rings is 1. The second kappa shape index (κ2) is 3.33. The standard InChI is InChI=1S/C12H14N2O2/c1-12(2,11(15)16)9-6-4-5-8-7-14(3)13-10(8)9/h4-7H,1-3H3,(H,15,16). The Morgan fingerprint density at radius 1 is 1.44 bits per heavy atom.